The highest BCUT2D eigenvalue weighted by molar-refractivity contribution is 2.50. The summed E-state index contributed by atoms with van der Waals surface area (Å²) in [7, 11) is 0. The minimum atomic E-state index is 0. The van der Waals surface area contributed by atoms with Crippen LogP contribution in [0.4, 0.5) is 0 Å². The first-order valence-electron chi connectivity index (χ1n) is 0. The molecule has 0 aliphatic heterocycles. The van der Waals surface area contributed by atoms with Crippen LogP contribution in [0, 0.1) is 0 Å². The zero-order valence-electron chi connectivity index (χ0n) is 1.79. The van der Waals surface area contributed by atoms with Crippen molar-refractivity contribution in [3.05, 3.63) is 0 Å². The summed E-state index contributed by atoms with van der Waals surface area (Å²) in [5.74, 6) is 0. The Bertz CT molecular complexity index is 3.61. The van der Waals surface area contributed by atoms with E-state index in [0.29, 0.717) is 0 Å². The van der Waals surface area contributed by atoms with Crippen LogP contribution in [-0.4, -0.2) is 0 Å². The summed E-state index contributed by atoms with van der Waals surface area (Å²) in [4.78, 5) is 0. The number of rotatable bonds is 0. The highest BCUT2D eigenvalue weighted by Gasteiger charge is 0.00305. The second-order valence-corrected chi connectivity index (χ2v) is 0. The molecule has 0 bridgehead atoms. The molecule has 4 nitrogen and oxygen atoms in total. The quantitative estimate of drug-likeness (QED) is 0.338. The molecule has 12 radical (unpaired) electrons. The summed E-state index contributed by atoms with van der Waals surface area (Å²) < 4.78 is 0. The van der Waals surface area contributed by atoms with E-state index in [1.54, 1.807) is 0 Å². The maximum atomic E-state index is 0. The maximum absolute atomic E-state index is 0. The number of nitrogens with zero attached hydrogens (tertiary/aromatic N) is 4. The molecule has 0 N–H and O–H groups in total. The highest BCUT2D eigenvalue weighted by atomic mass is 14.0. The van der Waals surface area contributed by atoms with Crippen LogP contribution in [0.15, 0.2) is 0 Å². The SMILES string of the molecule is C.[N].[N].[N].[N]. The standard InChI is InChI=1S/CH4.4N/h1H4;;;;. The molecule has 0 heterocycles. The van der Waals surface area contributed by atoms with Crippen molar-refractivity contribution in [2.45, 2.75) is 7.43 Å². The molecule has 0 aromatic heterocycles. The van der Waals surface area contributed by atoms with E-state index in [0.717, 1.165) is 0 Å². The lowest BCUT2D eigenvalue weighted by atomic mass is 12.0. The average molecular weight is 72.1 g/mol. The summed E-state index contributed by atoms with van der Waals surface area (Å²) in [6, 6.07) is 0. The molecule has 0 aliphatic rings. The van der Waals surface area contributed by atoms with Gasteiger partial charge in [-0.1, -0.05) is 7.43 Å². The summed E-state index contributed by atoms with van der Waals surface area (Å²) >= 11 is 0. The molecule has 0 unspecified atom stereocenters. The summed E-state index contributed by atoms with van der Waals surface area (Å²) in [5, 5.41) is 0. The fourth-order valence-corrected chi connectivity index (χ4v) is 0. The molecule has 0 saturated carbocycles. The van der Waals surface area contributed by atoms with Crippen molar-refractivity contribution in [2.24, 2.45) is 0 Å². The average Bonchev–Trinajstić information content (AvgIpc) is 0. The molecule has 0 saturated heterocycles. The highest BCUT2D eigenvalue weighted by Crippen LogP contribution is 0.144. The van der Waals surface area contributed by atoms with Crippen LogP contribution >= 0.6 is 0 Å². The Morgan fingerprint density at radius 2 is 0.400 bits per heavy atom. The molecule has 5 heavy (non-hydrogen) atoms. The Hall–Kier alpha value is -0.160. The fraction of sp³-hybridized carbons (Fsp3) is 1.00. The Morgan fingerprint density at radius 3 is 0.400 bits per heavy atom. The zero-order chi connectivity index (χ0) is 0. The predicted molar refractivity (Wildman–Crippen MR) is 15.3 cm³/mol. The van der Waals surface area contributed by atoms with Gasteiger partial charge < -0.3 is 0 Å². The molecule has 0 spiro atoms. The van der Waals surface area contributed by atoms with Crippen LogP contribution in [0.2, 0.25) is 0 Å². The van der Waals surface area contributed by atoms with Crippen LogP contribution in [0.1, 0.15) is 7.43 Å². The van der Waals surface area contributed by atoms with Gasteiger partial charge >= 0.3 is 0 Å². The van der Waals surface area contributed by atoms with Crippen LogP contribution in [-0.2, 0) is 0 Å². The first-order valence-corrected chi connectivity index (χ1v) is 0. The van der Waals surface area contributed by atoms with Gasteiger partial charge in [0.2, 0.25) is 0 Å². The van der Waals surface area contributed by atoms with Gasteiger partial charge in [0, 0.05) is 24.6 Å². The Labute approximate surface area is 33.3 Å². The van der Waals surface area contributed by atoms with E-state index in [-0.39, 0.29) is 32.0 Å². The predicted octanol–water partition coefficient (Wildman–Crippen LogP) is -1.29. The second-order valence-electron chi connectivity index (χ2n) is 0. The molecule has 0 aromatic rings. The third kappa shape index (κ3) is 508. The lowest BCUT2D eigenvalue weighted by Crippen LogP contribution is -0.482. The van der Waals surface area contributed by atoms with Gasteiger partial charge in [0.25, 0.3) is 0 Å². The van der Waals surface area contributed by atoms with Gasteiger partial charge in [-0.25, -0.2) is 0 Å². The molecule has 0 amide bonds. The Kier molecular flexibility index (Phi) is 675000. The van der Waals surface area contributed by atoms with Crippen molar-refractivity contribution in [2.75, 3.05) is 0 Å². The van der Waals surface area contributed by atoms with Gasteiger partial charge in [0.15, 0.2) is 0 Å². The first kappa shape index (κ1) is 2790. The number of hydrogen-bond donors (Lipinski definition) is 0. The molecular formula is CH4N4. The third-order valence-corrected chi connectivity index (χ3v) is 0. The second kappa shape index (κ2) is 1210. The van der Waals surface area contributed by atoms with Gasteiger partial charge in [-0.3, -0.25) is 0 Å². The summed E-state index contributed by atoms with van der Waals surface area (Å²) in [6.45, 7) is 0. The minimum absolute atomic E-state index is 0. The van der Waals surface area contributed by atoms with E-state index in [1.807, 2.05) is 0 Å². The monoisotopic (exact) mass is 72.0 g/mol. The van der Waals surface area contributed by atoms with Crippen LogP contribution in [0.25, 0.3) is 0 Å². The fourth-order valence-electron chi connectivity index (χ4n) is 0. The molecule has 0 aromatic carbocycles. The smallest absolute Gasteiger partial charge is 0 e. The van der Waals surface area contributed by atoms with Crippen molar-refractivity contribution in [3.8, 4) is 0 Å². The van der Waals surface area contributed by atoms with Crippen molar-refractivity contribution in [3.63, 3.8) is 0 Å². The summed E-state index contributed by atoms with van der Waals surface area (Å²) in [5.41, 5.74) is 0. The molecule has 0 aliphatic carbocycles. The molecule has 4 heteroatoms. The van der Waals surface area contributed by atoms with E-state index in [4.69, 9.17) is 0 Å². The zero-order valence-corrected chi connectivity index (χ0v) is 1.79. The summed E-state index contributed by atoms with van der Waals surface area (Å²) in [6.07, 6.45) is 0. The minimum Gasteiger partial charge on any atom is -0.0776 e. The van der Waals surface area contributed by atoms with Gasteiger partial charge in [0.1, 0.15) is 0 Å². The van der Waals surface area contributed by atoms with Gasteiger partial charge in [-0.05, 0) is 0 Å². The van der Waals surface area contributed by atoms with Gasteiger partial charge in [-0.2, -0.15) is 0 Å². The van der Waals surface area contributed by atoms with E-state index in [1.165, 1.54) is 0 Å². The molecule has 0 atom stereocenters. The topological polar surface area (TPSA) is 122 Å². The Morgan fingerprint density at radius 1 is 0.400 bits per heavy atom. The van der Waals surface area contributed by atoms with Crippen LogP contribution in [0.5, 0.6) is 0 Å². The van der Waals surface area contributed by atoms with Crippen molar-refractivity contribution in [1.82, 2.24) is 24.6 Å². The molecule has 0 rings (SSSR count). The van der Waals surface area contributed by atoms with E-state index >= 15 is 0 Å². The van der Waals surface area contributed by atoms with Gasteiger partial charge in [-0.15, -0.1) is 0 Å². The normalized spacial score (nSPS) is 0. The van der Waals surface area contributed by atoms with Gasteiger partial charge in [0.05, 0.1) is 0 Å². The lowest BCUT2D eigenvalue weighted by molar-refractivity contribution is 2.13. The van der Waals surface area contributed by atoms with E-state index in [9.17, 15) is 0 Å². The first-order chi connectivity index (χ1) is 0. The van der Waals surface area contributed by atoms with Crippen molar-refractivity contribution >= 4 is 0 Å². The largest absolute Gasteiger partial charge is 0.0776 e. The van der Waals surface area contributed by atoms with Crippen molar-refractivity contribution in [1.29, 1.82) is 0 Å². The Balaban J connectivity index is 0. The van der Waals surface area contributed by atoms with Crippen molar-refractivity contribution < 1.29 is 0 Å². The molecular weight excluding hydrogens is 68.0 g/mol. The van der Waals surface area contributed by atoms with E-state index < -0.39 is 0 Å². The third-order valence-electron chi connectivity index (χ3n) is 0. The van der Waals surface area contributed by atoms with Crippen LogP contribution < -0.4 is 24.6 Å². The van der Waals surface area contributed by atoms with Crippen LogP contribution in [0.3, 0.4) is 0 Å². The lowest BCUT2D eigenvalue weighted by Gasteiger charge is -0.0776. The molecule has 28 valence electrons. The maximum Gasteiger partial charge on any atom is 0 e. The molecule has 0 fully saturated rings. The van der Waals surface area contributed by atoms with E-state index in [2.05, 4.69) is 0 Å². The number of hydrogen-bond acceptors (Lipinski definition) is 0.